The van der Waals surface area contributed by atoms with E-state index in [1.807, 2.05) is 18.2 Å². The van der Waals surface area contributed by atoms with Crippen LogP contribution in [-0.4, -0.2) is 53.7 Å². The standard InChI is InChI=1S/C33H40ClN3O7Si/c1-7-33(43-26(38)13-15-35-31(41)44-32(2,3)4)23-17-25-27-21(18-37(25)29(39)22(23)19-42-30(33)40)28(45(5,6)16-10-14-34)20-11-8-9-12-24(20)36-27/h8-9,11-12,17H,7,10,13-16,18-19H2,1-6H3,(H,35,41). The van der Waals surface area contributed by atoms with Crippen molar-refractivity contribution >= 4 is 53.8 Å². The second-order valence-electron chi connectivity index (χ2n) is 13.2. The van der Waals surface area contributed by atoms with Gasteiger partial charge in [-0.2, -0.15) is 0 Å². The Balaban J connectivity index is 1.56. The fourth-order valence-corrected chi connectivity index (χ4v) is 10.0. The Morgan fingerprint density at radius 3 is 2.60 bits per heavy atom. The molecule has 12 heteroatoms. The number of halogens is 1. The van der Waals surface area contributed by atoms with Crippen molar-refractivity contribution in [1.29, 1.82) is 0 Å². The number of rotatable bonds is 9. The van der Waals surface area contributed by atoms with Gasteiger partial charge >= 0.3 is 18.0 Å². The molecule has 0 fully saturated rings. The van der Waals surface area contributed by atoms with Gasteiger partial charge in [0, 0.05) is 18.0 Å². The summed E-state index contributed by atoms with van der Waals surface area (Å²) in [6.07, 6.45) is 0.0625. The average Bonchev–Trinajstić information content (AvgIpc) is 3.33. The molecule has 1 amide bonds. The highest BCUT2D eigenvalue weighted by Crippen LogP contribution is 2.41. The summed E-state index contributed by atoms with van der Waals surface area (Å²) in [5.41, 5.74) is 0.909. The summed E-state index contributed by atoms with van der Waals surface area (Å²) in [5, 5.41) is 4.87. The minimum Gasteiger partial charge on any atom is -0.457 e. The van der Waals surface area contributed by atoms with Crippen LogP contribution < -0.4 is 16.1 Å². The number of aromatic nitrogens is 2. The maximum Gasteiger partial charge on any atom is 0.407 e. The number of hydrogen-bond donors (Lipinski definition) is 1. The van der Waals surface area contributed by atoms with E-state index in [-0.39, 0.29) is 37.1 Å². The zero-order valence-corrected chi connectivity index (χ0v) is 28.4. The van der Waals surface area contributed by atoms with Crippen molar-refractivity contribution in [1.82, 2.24) is 14.9 Å². The fraction of sp³-hybridized carbons (Fsp3) is 0.485. The highest BCUT2D eigenvalue weighted by molar-refractivity contribution is 6.91. The highest BCUT2D eigenvalue weighted by atomic mass is 35.5. The van der Waals surface area contributed by atoms with Crippen LogP contribution in [0.1, 0.15) is 63.6 Å². The van der Waals surface area contributed by atoms with Crippen molar-refractivity contribution in [2.24, 2.45) is 0 Å². The number of cyclic esters (lactones) is 1. The molecule has 1 aromatic carbocycles. The van der Waals surface area contributed by atoms with Crippen molar-refractivity contribution < 1.29 is 28.6 Å². The van der Waals surface area contributed by atoms with Crippen molar-refractivity contribution in [2.75, 3.05) is 12.4 Å². The monoisotopic (exact) mass is 653 g/mol. The molecule has 45 heavy (non-hydrogen) atoms. The van der Waals surface area contributed by atoms with Crippen LogP contribution in [0.2, 0.25) is 19.1 Å². The molecule has 1 unspecified atom stereocenters. The molecule has 2 aliphatic rings. The largest absolute Gasteiger partial charge is 0.457 e. The Labute approximate surface area is 268 Å². The van der Waals surface area contributed by atoms with Crippen LogP contribution in [0.15, 0.2) is 35.1 Å². The van der Waals surface area contributed by atoms with Crippen molar-refractivity contribution in [2.45, 2.75) is 90.4 Å². The van der Waals surface area contributed by atoms with Gasteiger partial charge in [0.05, 0.1) is 43.5 Å². The summed E-state index contributed by atoms with van der Waals surface area (Å²) >= 11 is 6.12. The van der Waals surface area contributed by atoms with Gasteiger partial charge < -0.3 is 24.1 Å². The zero-order chi connectivity index (χ0) is 32.7. The van der Waals surface area contributed by atoms with Gasteiger partial charge in [-0.3, -0.25) is 9.59 Å². The number of nitrogens with one attached hydrogen (secondary N) is 1. The minimum absolute atomic E-state index is 0.0502. The third-order valence-electron chi connectivity index (χ3n) is 8.46. The molecule has 3 aromatic rings. The zero-order valence-electron chi connectivity index (χ0n) is 26.7. The lowest BCUT2D eigenvalue weighted by molar-refractivity contribution is -0.189. The quantitative estimate of drug-likeness (QED) is 0.115. The van der Waals surface area contributed by atoms with E-state index in [0.29, 0.717) is 29.4 Å². The molecule has 5 rings (SSSR count). The first kappa shape index (κ1) is 32.7. The molecule has 2 aromatic heterocycles. The molecule has 0 spiro atoms. The smallest absolute Gasteiger partial charge is 0.407 e. The van der Waals surface area contributed by atoms with Gasteiger partial charge in [0.25, 0.3) is 5.56 Å². The van der Waals surface area contributed by atoms with Gasteiger partial charge in [0.2, 0.25) is 5.60 Å². The lowest BCUT2D eigenvalue weighted by Gasteiger charge is -2.35. The third-order valence-corrected chi connectivity index (χ3v) is 12.3. The number of fused-ring (bicyclic) bond motifs is 5. The number of pyridine rings is 2. The summed E-state index contributed by atoms with van der Waals surface area (Å²) < 4.78 is 18.2. The van der Waals surface area contributed by atoms with Gasteiger partial charge in [0.1, 0.15) is 12.2 Å². The van der Waals surface area contributed by atoms with E-state index >= 15 is 0 Å². The first-order valence-corrected chi connectivity index (χ1v) is 19.1. The van der Waals surface area contributed by atoms with Gasteiger partial charge in [-0.1, -0.05) is 44.3 Å². The molecule has 0 aliphatic carbocycles. The molecule has 0 saturated heterocycles. The number of nitrogens with zero attached hydrogens (tertiary/aromatic N) is 2. The van der Waals surface area contributed by atoms with E-state index in [4.69, 9.17) is 30.8 Å². The van der Waals surface area contributed by atoms with Crippen LogP contribution >= 0.6 is 11.6 Å². The normalized spacial score (nSPS) is 17.3. The minimum atomic E-state index is -2.04. The predicted molar refractivity (Wildman–Crippen MR) is 175 cm³/mol. The Kier molecular flexibility index (Phi) is 8.89. The first-order chi connectivity index (χ1) is 21.2. The van der Waals surface area contributed by atoms with Crippen LogP contribution in [0.3, 0.4) is 0 Å². The second kappa shape index (κ2) is 12.2. The van der Waals surface area contributed by atoms with Gasteiger partial charge in [-0.05, 0) is 61.9 Å². The lowest BCUT2D eigenvalue weighted by Crippen LogP contribution is -2.47. The van der Waals surface area contributed by atoms with E-state index < -0.39 is 37.3 Å². The summed E-state index contributed by atoms with van der Waals surface area (Å²) in [5.74, 6) is -0.885. The van der Waals surface area contributed by atoms with Crippen molar-refractivity contribution in [3.05, 3.63) is 57.4 Å². The predicted octanol–water partition coefficient (Wildman–Crippen LogP) is 5.09. The van der Waals surface area contributed by atoms with Crippen LogP contribution in [0, 0.1) is 0 Å². The number of carbonyl (C=O) groups excluding carboxylic acids is 3. The number of para-hydroxylation sites is 1. The maximum atomic E-state index is 14.1. The Morgan fingerprint density at radius 1 is 1.18 bits per heavy atom. The van der Waals surface area contributed by atoms with Crippen LogP contribution in [0.4, 0.5) is 4.79 Å². The Bertz CT molecular complexity index is 1750. The van der Waals surface area contributed by atoms with Crippen LogP contribution in [-0.2, 0) is 42.6 Å². The first-order valence-electron chi connectivity index (χ1n) is 15.3. The van der Waals surface area contributed by atoms with Crippen LogP contribution in [0.25, 0.3) is 22.3 Å². The molecule has 4 heterocycles. The number of alkyl carbamates (subject to hydrolysis) is 1. The number of ether oxygens (including phenoxy) is 3. The molecular formula is C33H40ClN3O7Si. The Morgan fingerprint density at radius 2 is 1.91 bits per heavy atom. The molecule has 1 N–H and O–H groups in total. The molecule has 2 aliphatic heterocycles. The van der Waals surface area contributed by atoms with Gasteiger partial charge in [-0.15, -0.1) is 11.6 Å². The SMILES string of the molecule is CCC1(OC(=O)CCNC(=O)OC(C)(C)C)C(=O)OCc2c1cc1n(c2=O)Cc2c-1nc1ccccc1c2[Si](C)(C)CCCCl. The van der Waals surface area contributed by atoms with Crippen LogP contribution in [0.5, 0.6) is 0 Å². The summed E-state index contributed by atoms with van der Waals surface area (Å²) in [6, 6.07) is 10.8. The number of amides is 1. The van der Waals surface area contributed by atoms with Crippen molar-refractivity contribution in [3.63, 3.8) is 0 Å². The lowest BCUT2D eigenvalue weighted by atomic mass is 9.85. The molecule has 240 valence electrons. The van der Waals surface area contributed by atoms with E-state index in [9.17, 15) is 19.2 Å². The summed E-state index contributed by atoms with van der Waals surface area (Å²) in [4.78, 5) is 57.6. The molecule has 10 nitrogen and oxygen atoms in total. The molecule has 1 atom stereocenters. The third kappa shape index (κ3) is 6.12. The van der Waals surface area contributed by atoms with Gasteiger partial charge in [0.15, 0.2) is 0 Å². The molecular weight excluding hydrogens is 614 g/mol. The number of carbonyl (C=O) groups is 3. The highest BCUT2D eigenvalue weighted by Gasteiger charge is 2.50. The number of alkyl halides is 1. The van der Waals surface area contributed by atoms with E-state index in [2.05, 4.69) is 24.5 Å². The summed E-state index contributed by atoms with van der Waals surface area (Å²) in [6.45, 7) is 11.6. The number of benzene rings is 1. The second-order valence-corrected chi connectivity index (χ2v) is 18.4. The molecule has 0 radical (unpaired) electrons. The molecule has 0 bridgehead atoms. The van der Waals surface area contributed by atoms with E-state index in [1.54, 1.807) is 38.3 Å². The summed E-state index contributed by atoms with van der Waals surface area (Å²) in [7, 11) is -2.04. The topological polar surface area (TPSA) is 126 Å². The maximum absolute atomic E-state index is 14.1. The fourth-order valence-electron chi connectivity index (χ4n) is 6.42. The average molecular weight is 654 g/mol. The number of hydrogen-bond acceptors (Lipinski definition) is 8. The number of esters is 2. The van der Waals surface area contributed by atoms with E-state index in [1.165, 1.54) is 5.19 Å². The van der Waals surface area contributed by atoms with Crippen molar-refractivity contribution in [3.8, 4) is 11.4 Å². The van der Waals surface area contributed by atoms with E-state index in [0.717, 1.165) is 28.9 Å². The molecule has 0 saturated carbocycles. The van der Waals surface area contributed by atoms with Gasteiger partial charge in [-0.25, -0.2) is 14.6 Å². The Hall–Kier alpha value is -3.70.